The van der Waals surface area contributed by atoms with Crippen LogP contribution < -0.4 is 4.74 Å². The Kier molecular flexibility index (Phi) is 7.21. The van der Waals surface area contributed by atoms with Gasteiger partial charge in [-0.15, -0.1) is 0 Å². The molecular formula is C25H29NO4. The highest BCUT2D eigenvalue weighted by molar-refractivity contribution is 5.42. The number of pyridine rings is 1. The summed E-state index contributed by atoms with van der Waals surface area (Å²) in [6, 6.07) is 18.5. The first-order valence-electron chi connectivity index (χ1n) is 10.3. The van der Waals surface area contributed by atoms with Gasteiger partial charge in [0.25, 0.3) is 0 Å². The molecule has 0 saturated heterocycles. The summed E-state index contributed by atoms with van der Waals surface area (Å²) in [7, 11) is 0. The van der Waals surface area contributed by atoms with Crippen molar-refractivity contribution >= 4 is 0 Å². The first kappa shape index (κ1) is 22.0. The van der Waals surface area contributed by atoms with Crippen LogP contribution in [0.2, 0.25) is 0 Å². The third-order valence-corrected chi connectivity index (χ3v) is 5.65. The fourth-order valence-electron chi connectivity index (χ4n) is 3.67. The fraction of sp³-hybridized carbons (Fsp3) is 0.320. The van der Waals surface area contributed by atoms with E-state index in [1.165, 1.54) is 0 Å². The van der Waals surface area contributed by atoms with E-state index in [4.69, 9.17) is 4.74 Å². The van der Waals surface area contributed by atoms with E-state index < -0.39 is 11.7 Å². The summed E-state index contributed by atoms with van der Waals surface area (Å²) in [6.45, 7) is 3.54. The maximum atomic E-state index is 10.8. The second kappa shape index (κ2) is 9.85. The van der Waals surface area contributed by atoms with Gasteiger partial charge in [0.15, 0.2) is 6.10 Å². The fourth-order valence-corrected chi connectivity index (χ4v) is 3.67. The van der Waals surface area contributed by atoms with Gasteiger partial charge in [-0.05, 0) is 42.2 Å². The lowest BCUT2D eigenvalue weighted by Gasteiger charge is -2.27. The molecule has 0 aliphatic heterocycles. The summed E-state index contributed by atoms with van der Waals surface area (Å²) in [5, 5.41) is 30.7. The second-order valence-corrected chi connectivity index (χ2v) is 7.33. The van der Waals surface area contributed by atoms with Crippen molar-refractivity contribution in [3.05, 3.63) is 94.8 Å². The Morgan fingerprint density at radius 1 is 0.867 bits per heavy atom. The number of benzene rings is 2. The van der Waals surface area contributed by atoms with Gasteiger partial charge < -0.3 is 20.1 Å². The highest BCUT2D eigenvalue weighted by Gasteiger charge is 2.27. The third kappa shape index (κ3) is 4.54. The van der Waals surface area contributed by atoms with Gasteiger partial charge in [-0.1, -0.05) is 56.3 Å². The molecule has 0 amide bonds. The molecule has 1 aromatic heterocycles. The SMILES string of the molecule is CCC(O)(CC)c1ccc(C(Oc2ccccc2)c2c(CO)cccc2CO)nc1. The lowest BCUT2D eigenvalue weighted by Crippen LogP contribution is -2.24. The van der Waals surface area contributed by atoms with Crippen molar-refractivity contribution in [1.29, 1.82) is 0 Å². The zero-order valence-electron chi connectivity index (χ0n) is 17.5. The molecule has 1 atom stereocenters. The van der Waals surface area contributed by atoms with Crippen LogP contribution in [0.5, 0.6) is 5.75 Å². The van der Waals surface area contributed by atoms with Crippen LogP contribution in [0.25, 0.3) is 0 Å². The van der Waals surface area contributed by atoms with Crippen LogP contribution in [-0.2, 0) is 18.8 Å². The Balaban J connectivity index is 2.10. The number of hydrogen-bond acceptors (Lipinski definition) is 5. The van der Waals surface area contributed by atoms with E-state index in [1.807, 2.05) is 68.4 Å². The number of ether oxygens (including phenoxy) is 1. The van der Waals surface area contributed by atoms with Crippen molar-refractivity contribution in [3.8, 4) is 5.75 Å². The third-order valence-electron chi connectivity index (χ3n) is 5.65. The van der Waals surface area contributed by atoms with Crippen molar-refractivity contribution in [2.45, 2.75) is 51.6 Å². The van der Waals surface area contributed by atoms with Crippen LogP contribution in [0.4, 0.5) is 0 Å². The van der Waals surface area contributed by atoms with Gasteiger partial charge in [-0.25, -0.2) is 0 Å². The first-order chi connectivity index (χ1) is 14.6. The first-order valence-corrected chi connectivity index (χ1v) is 10.3. The Hall–Kier alpha value is -2.73. The molecule has 2 aromatic carbocycles. The number of para-hydroxylation sites is 1. The van der Waals surface area contributed by atoms with Crippen molar-refractivity contribution in [2.75, 3.05) is 0 Å². The molecule has 3 rings (SSSR count). The standard InChI is InChI=1S/C25H29NO4/c1-3-25(29,4-2)20-13-14-22(26-15-20)24(30-21-11-6-5-7-12-21)23-18(16-27)9-8-10-19(23)17-28/h5-15,24,27-29H,3-4,16-17H2,1-2H3. The highest BCUT2D eigenvalue weighted by atomic mass is 16.5. The maximum Gasteiger partial charge on any atom is 0.166 e. The second-order valence-electron chi connectivity index (χ2n) is 7.33. The van der Waals surface area contributed by atoms with Crippen LogP contribution in [0.15, 0.2) is 66.9 Å². The molecule has 0 aliphatic rings. The minimum absolute atomic E-state index is 0.179. The van der Waals surface area contributed by atoms with Gasteiger partial charge in [0.2, 0.25) is 0 Å². The number of hydrogen-bond donors (Lipinski definition) is 3. The Labute approximate surface area is 177 Å². The molecule has 158 valence electrons. The van der Waals surface area contributed by atoms with Gasteiger partial charge in [-0.3, -0.25) is 4.98 Å². The molecule has 1 heterocycles. The summed E-state index contributed by atoms with van der Waals surface area (Å²) in [5.41, 5.74) is 2.52. The minimum atomic E-state index is -0.916. The van der Waals surface area contributed by atoms with Crippen molar-refractivity contribution in [3.63, 3.8) is 0 Å². The number of rotatable bonds is 9. The van der Waals surface area contributed by atoms with E-state index in [1.54, 1.807) is 12.3 Å². The molecule has 0 aliphatic carbocycles. The maximum absolute atomic E-state index is 10.8. The topological polar surface area (TPSA) is 82.8 Å². The molecule has 0 fully saturated rings. The van der Waals surface area contributed by atoms with Gasteiger partial charge in [-0.2, -0.15) is 0 Å². The number of aliphatic hydroxyl groups excluding tert-OH is 2. The Bertz CT molecular complexity index is 915. The van der Waals surface area contributed by atoms with Crippen molar-refractivity contribution < 1.29 is 20.1 Å². The van der Waals surface area contributed by atoms with E-state index in [9.17, 15) is 15.3 Å². The van der Waals surface area contributed by atoms with E-state index >= 15 is 0 Å². The van der Waals surface area contributed by atoms with Gasteiger partial charge >= 0.3 is 0 Å². The number of aromatic nitrogens is 1. The molecule has 30 heavy (non-hydrogen) atoms. The summed E-state index contributed by atoms with van der Waals surface area (Å²) in [4.78, 5) is 4.62. The van der Waals surface area contributed by atoms with Gasteiger partial charge in [0, 0.05) is 17.3 Å². The van der Waals surface area contributed by atoms with Gasteiger partial charge in [0.05, 0.1) is 24.5 Å². The van der Waals surface area contributed by atoms with Crippen molar-refractivity contribution in [2.24, 2.45) is 0 Å². The predicted octanol–water partition coefficient (Wildman–Crippen LogP) is 4.24. The van der Waals surface area contributed by atoms with Crippen LogP contribution in [-0.4, -0.2) is 20.3 Å². The van der Waals surface area contributed by atoms with Crippen molar-refractivity contribution in [1.82, 2.24) is 4.98 Å². The molecule has 0 radical (unpaired) electrons. The molecule has 5 heteroatoms. The Morgan fingerprint density at radius 3 is 2.00 bits per heavy atom. The number of aliphatic hydroxyl groups is 3. The molecule has 3 aromatic rings. The monoisotopic (exact) mass is 407 g/mol. The summed E-state index contributed by atoms with van der Waals surface area (Å²) >= 11 is 0. The lowest BCUT2D eigenvalue weighted by molar-refractivity contribution is 0.0279. The molecule has 0 bridgehead atoms. The van der Waals surface area contributed by atoms with Crippen LogP contribution in [0, 0.1) is 0 Å². The smallest absolute Gasteiger partial charge is 0.166 e. The molecule has 5 nitrogen and oxygen atoms in total. The quantitative estimate of drug-likeness (QED) is 0.494. The largest absolute Gasteiger partial charge is 0.479 e. The van der Waals surface area contributed by atoms with Gasteiger partial charge in [0.1, 0.15) is 5.75 Å². The van der Waals surface area contributed by atoms with E-state index in [0.717, 1.165) is 5.56 Å². The number of nitrogens with zero attached hydrogens (tertiary/aromatic N) is 1. The average Bonchev–Trinajstić information content (AvgIpc) is 2.82. The molecule has 1 unspecified atom stereocenters. The lowest BCUT2D eigenvalue weighted by atomic mass is 9.89. The zero-order valence-corrected chi connectivity index (χ0v) is 17.5. The van der Waals surface area contributed by atoms with E-state index in [0.29, 0.717) is 41.0 Å². The summed E-state index contributed by atoms with van der Waals surface area (Å²) in [6.07, 6.45) is 2.25. The Morgan fingerprint density at radius 2 is 1.50 bits per heavy atom. The van der Waals surface area contributed by atoms with Crippen LogP contribution in [0.3, 0.4) is 0 Å². The highest BCUT2D eigenvalue weighted by Crippen LogP contribution is 2.34. The van der Waals surface area contributed by atoms with Crippen LogP contribution in [0.1, 0.15) is 60.7 Å². The van der Waals surface area contributed by atoms with E-state index in [-0.39, 0.29) is 13.2 Å². The normalized spacial score (nSPS) is 12.6. The van der Waals surface area contributed by atoms with E-state index in [2.05, 4.69) is 4.98 Å². The molecule has 0 saturated carbocycles. The summed E-state index contributed by atoms with van der Waals surface area (Å²) < 4.78 is 6.30. The molecule has 0 spiro atoms. The zero-order chi connectivity index (χ0) is 21.6. The molecular weight excluding hydrogens is 378 g/mol. The summed E-state index contributed by atoms with van der Waals surface area (Å²) in [5.74, 6) is 0.656. The minimum Gasteiger partial charge on any atom is -0.479 e. The average molecular weight is 408 g/mol. The van der Waals surface area contributed by atoms with Crippen LogP contribution >= 0.6 is 0 Å². The molecule has 3 N–H and O–H groups in total. The predicted molar refractivity (Wildman–Crippen MR) is 116 cm³/mol.